The number of para-hydroxylation sites is 1. The minimum Gasteiger partial charge on any atom is -0.396 e. The Morgan fingerprint density at radius 3 is 2.59 bits per heavy atom. The van der Waals surface area contributed by atoms with Crippen molar-refractivity contribution in [3.63, 3.8) is 0 Å². The molecule has 2 aliphatic heterocycles. The van der Waals surface area contributed by atoms with Gasteiger partial charge in [-0.1, -0.05) is 12.1 Å². The van der Waals surface area contributed by atoms with Crippen LogP contribution in [0.25, 0.3) is 0 Å². The third-order valence-electron chi connectivity index (χ3n) is 7.26. The fourth-order valence-electron chi connectivity index (χ4n) is 4.92. The third kappa shape index (κ3) is 5.88. The molecule has 1 unspecified atom stereocenters. The van der Waals surface area contributed by atoms with E-state index in [0.29, 0.717) is 41.3 Å². The number of piperazine rings is 1. The van der Waals surface area contributed by atoms with E-state index in [4.69, 9.17) is 10.5 Å². The molecular formula is C29H35N7O3. The molecule has 1 aromatic heterocycles. The number of nitrogens with zero attached hydrogens (tertiary/aromatic N) is 4. The van der Waals surface area contributed by atoms with E-state index < -0.39 is 6.23 Å². The fraction of sp³-hybridized carbons (Fsp3) is 0.345. The number of amides is 2. The summed E-state index contributed by atoms with van der Waals surface area (Å²) in [5, 5.41) is 6.32. The second-order valence-corrected chi connectivity index (χ2v) is 9.92. The number of rotatable bonds is 6. The summed E-state index contributed by atoms with van der Waals surface area (Å²) in [5.74, 6) is -0.511. The van der Waals surface area contributed by atoms with Gasteiger partial charge in [0.2, 0.25) is 0 Å². The highest BCUT2D eigenvalue weighted by molar-refractivity contribution is 6.10. The van der Waals surface area contributed by atoms with Crippen molar-refractivity contribution >= 4 is 34.6 Å². The number of carbonyl (C=O) groups is 2. The molecule has 0 saturated carbocycles. The van der Waals surface area contributed by atoms with Crippen LogP contribution in [0.5, 0.6) is 0 Å². The van der Waals surface area contributed by atoms with Gasteiger partial charge < -0.3 is 30.9 Å². The van der Waals surface area contributed by atoms with Crippen LogP contribution < -0.4 is 26.2 Å². The van der Waals surface area contributed by atoms with Crippen LogP contribution in [0, 0.1) is 6.92 Å². The van der Waals surface area contributed by atoms with Crippen LogP contribution in [-0.4, -0.2) is 80.8 Å². The van der Waals surface area contributed by atoms with Crippen molar-refractivity contribution in [1.29, 1.82) is 0 Å². The zero-order valence-electron chi connectivity index (χ0n) is 22.4. The van der Waals surface area contributed by atoms with Gasteiger partial charge in [0.05, 0.1) is 23.5 Å². The number of morpholine rings is 1. The first kappa shape index (κ1) is 26.6. The van der Waals surface area contributed by atoms with E-state index >= 15 is 0 Å². The van der Waals surface area contributed by atoms with Crippen molar-refractivity contribution in [3.05, 3.63) is 77.6 Å². The van der Waals surface area contributed by atoms with Gasteiger partial charge in [-0.15, -0.1) is 0 Å². The number of nitrogens with two attached hydrogens (primary N) is 1. The summed E-state index contributed by atoms with van der Waals surface area (Å²) in [6, 6.07) is 14.5. The lowest BCUT2D eigenvalue weighted by Crippen LogP contribution is -2.52. The average Bonchev–Trinajstić information content (AvgIpc) is 2.96. The normalized spacial score (nSPS) is 18.0. The first-order valence-electron chi connectivity index (χ1n) is 13.2. The Labute approximate surface area is 228 Å². The highest BCUT2D eigenvalue weighted by Gasteiger charge is 2.29. The Morgan fingerprint density at radius 1 is 1.10 bits per heavy atom. The second-order valence-electron chi connectivity index (χ2n) is 9.92. The van der Waals surface area contributed by atoms with E-state index in [0.717, 1.165) is 44.0 Å². The van der Waals surface area contributed by atoms with E-state index in [2.05, 4.69) is 32.5 Å². The maximum Gasteiger partial charge on any atom is 0.260 e. The van der Waals surface area contributed by atoms with Crippen LogP contribution in [0.1, 0.15) is 26.3 Å². The van der Waals surface area contributed by atoms with E-state index in [1.807, 2.05) is 37.3 Å². The van der Waals surface area contributed by atoms with Crippen molar-refractivity contribution in [1.82, 2.24) is 15.2 Å². The minimum absolute atomic E-state index is 0.212. The Hall–Kier alpha value is -3.99. The molecule has 2 fully saturated rings. The number of hydrogen-bond donors (Lipinski definition) is 3. The number of hydrogen-bond acceptors (Lipinski definition) is 8. The molecule has 39 heavy (non-hydrogen) atoms. The number of aryl methyl sites for hydroxylation is 1. The zero-order valence-corrected chi connectivity index (χ0v) is 22.4. The van der Waals surface area contributed by atoms with Crippen LogP contribution >= 0.6 is 0 Å². The molecule has 204 valence electrons. The second kappa shape index (κ2) is 11.8. The van der Waals surface area contributed by atoms with Crippen molar-refractivity contribution < 1.29 is 14.3 Å². The van der Waals surface area contributed by atoms with Gasteiger partial charge in [-0.2, -0.15) is 0 Å². The zero-order chi connectivity index (χ0) is 27.4. The molecule has 5 rings (SSSR count). The predicted molar refractivity (Wildman–Crippen MR) is 153 cm³/mol. The topological polar surface area (TPSA) is 116 Å². The molecule has 4 N–H and O–H groups in total. The van der Waals surface area contributed by atoms with Gasteiger partial charge >= 0.3 is 0 Å². The Balaban J connectivity index is 1.42. The lowest BCUT2D eigenvalue weighted by molar-refractivity contribution is 0.0255. The summed E-state index contributed by atoms with van der Waals surface area (Å²) in [7, 11) is 2.10. The Kier molecular flexibility index (Phi) is 8.06. The Morgan fingerprint density at radius 2 is 1.87 bits per heavy atom. The molecule has 0 radical (unpaired) electrons. The van der Waals surface area contributed by atoms with Gasteiger partial charge in [-0.05, 0) is 55.9 Å². The predicted octanol–water partition coefficient (Wildman–Crippen LogP) is 2.57. The number of aromatic nitrogens is 1. The number of nitrogen functional groups attached to an aromatic ring is 1. The molecule has 2 aromatic carbocycles. The van der Waals surface area contributed by atoms with Crippen LogP contribution in [0.3, 0.4) is 0 Å². The van der Waals surface area contributed by atoms with Crippen LogP contribution in [-0.2, 0) is 4.74 Å². The first-order chi connectivity index (χ1) is 18.9. The van der Waals surface area contributed by atoms with Crippen LogP contribution in [0.2, 0.25) is 0 Å². The maximum absolute atomic E-state index is 13.6. The summed E-state index contributed by atoms with van der Waals surface area (Å²) in [4.78, 5) is 37.2. The number of carbonyl (C=O) groups excluding carboxylic acids is 2. The summed E-state index contributed by atoms with van der Waals surface area (Å²) in [5.41, 5.74) is 10.8. The number of nitrogens with one attached hydrogen (secondary N) is 2. The molecule has 3 aromatic rings. The molecule has 0 aliphatic carbocycles. The largest absolute Gasteiger partial charge is 0.396 e. The smallest absolute Gasteiger partial charge is 0.260 e. The molecule has 2 saturated heterocycles. The number of anilines is 4. The van der Waals surface area contributed by atoms with Crippen LogP contribution in [0.15, 0.2) is 60.9 Å². The van der Waals surface area contributed by atoms with Crippen molar-refractivity contribution in [2.45, 2.75) is 13.2 Å². The van der Waals surface area contributed by atoms with E-state index in [9.17, 15) is 9.59 Å². The number of likely N-dealkylation sites (N-methyl/N-ethyl adjacent to an activating group) is 1. The van der Waals surface area contributed by atoms with Gasteiger partial charge in [-0.3, -0.25) is 19.5 Å². The lowest BCUT2D eigenvalue weighted by atomic mass is 10.1. The molecule has 3 heterocycles. The minimum atomic E-state index is -0.499. The number of ether oxygens (including phenoxy) is 1. The highest BCUT2D eigenvalue weighted by atomic mass is 16.5. The Bertz CT molecular complexity index is 1320. The fourth-order valence-corrected chi connectivity index (χ4v) is 4.92. The molecule has 2 amide bonds. The van der Waals surface area contributed by atoms with Crippen molar-refractivity contribution in [3.8, 4) is 0 Å². The molecule has 10 heteroatoms. The van der Waals surface area contributed by atoms with Gasteiger partial charge in [0.15, 0.2) is 0 Å². The number of pyridine rings is 1. The third-order valence-corrected chi connectivity index (χ3v) is 7.26. The van der Waals surface area contributed by atoms with Gasteiger partial charge in [-0.25, -0.2) is 0 Å². The lowest BCUT2D eigenvalue weighted by Gasteiger charge is -2.35. The highest BCUT2D eigenvalue weighted by Crippen LogP contribution is 2.31. The van der Waals surface area contributed by atoms with E-state index in [-0.39, 0.29) is 11.8 Å². The molecule has 0 bridgehead atoms. The quantitative estimate of drug-likeness (QED) is 0.418. The van der Waals surface area contributed by atoms with Gasteiger partial charge in [0, 0.05) is 68.6 Å². The van der Waals surface area contributed by atoms with E-state index in [1.54, 1.807) is 35.5 Å². The summed E-state index contributed by atoms with van der Waals surface area (Å²) >= 11 is 0. The average molecular weight is 530 g/mol. The maximum atomic E-state index is 13.6. The number of benzene rings is 2. The monoisotopic (exact) mass is 529 g/mol. The summed E-state index contributed by atoms with van der Waals surface area (Å²) in [6.45, 7) is 7.20. The standard InChI is InChI=1S/C29H35N7O3/c1-20-6-7-22(36(26-19-32-12-17-39-26)29(38)21-8-10-31-11-9-21)18-24(20)33-28(37)23-4-3-5-25(27(23)30)35-15-13-34(2)14-16-35/h3-11,18,26,32H,12-17,19,30H2,1-2H3,(H,33,37). The summed E-state index contributed by atoms with van der Waals surface area (Å²) in [6.07, 6.45) is 2.68. The van der Waals surface area contributed by atoms with Gasteiger partial charge in [0.25, 0.3) is 11.8 Å². The molecule has 10 nitrogen and oxygen atoms in total. The van der Waals surface area contributed by atoms with Crippen LogP contribution in [0.4, 0.5) is 22.7 Å². The molecular weight excluding hydrogens is 494 g/mol. The molecule has 1 atom stereocenters. The van der Waals surface area contributed by atoms with Crippen molar-refractivity contribution in [2.75, 3.05) is 73.8 Å². The molecule has 0 spiro atoms. The van der Waals surface area contributed by atoms with E-state index in [1.165, 1.54) is 0 Å². The first-order valence-corrected chi connectivity index (χ1v) is 13.2. The molecule has 2 aliphatic rings. The van der Waals surface area contributed by atoms with Gasteiger partial charge in [0.1, 0.15) is 6.23 Å². The summed E-state index contributed by atoms with van der Waals surface area (Å²) < 4.78 is 5.97. The van der Waals surface area contributed by atoms with Crippen molar-refractivity contribution in [2.24, 2.45) is 0 Å². The SMILES string of the molecule is Cc1ccc(N(C(=O)c2ccncc2)C2CNCCO2)cc1NC(=O)c1cccc(N2CCN(C)CC2)c1N.